The number of carbonyl (C=O) groups is 1. The second-order valence-corrected chi connectivity index (χ2v) is 2.94. The summed E-state index contributed by atoms with van der Waals surface area (Å²) in [5, 5.41) is 11.3. The van der Waals surface area contributed by atoms with Crippen molar-refractivity contribution in [1.29, 1.82) is 0 Å². The Labute approximate surface area is 92.5 Å². The summed E-state index contributed by atoms with van der Waals surface area (Å²) in [7, 11) is 2.81. The van der Waals surface area contributed by atoms with Gasteiger partial charge in [-0.15, -0.1) is 0 Å². The van der Waals surface area contributed by atoms with Crippen molar-refractivity contribution < 1.29 is 19.5 Å². The third-order valence-electron chi connectivity index (χ3n) is 1.80. The van der Waals surface area contributed by atoms with E-state index in [2.05, 4.69) is 14.9 Å². The Balaban J connectivity index is 3.12. The molecule has 1 aromatic heterocycles. The van der Waals surface area contributed by atoms with Gasteiger partial charge in [0.1, 0.15) is 0 Å². The Kier molecular flexibility index (Phi) is 4.41. The zero-order valence-electron chi connectivity index (χ0n) is 9.01. The molecule has 0 aromatic carbocycles. The Morgan fingerprint density at radius 3 is 2.88 bits per heavy atom. The highest BCUT2D eigenvalue weighted by molar-refractivity contribution is 5.91. The molecule has 0 fully saturated rings. The molecule has 6 heteroatoms. The van der Waals surface area contributed by atoms with E-state index in [1.807, 2.05) is 0 Å². The highest BCUT2D eigenvalue weighted by Crippen LogP contribution is 2.07. The first-order valence-electron chi connectivity index (χ1n) is 4.47. The quantitative estimate of drug-likeness (QED) is 0.354. The molecule has 1 aromatic rings. The van der Waals surface area contributed by atoms with Crippen LogP contribution in [-0.4, -0.2) is 36.6 Å². The van der Waals surface area contributed by atoms with Gasteiger partial charge in [0, 0.05) is 7.11 Å². The van der Waals surface area contributed by atoms with Gasteiger partial charge < -0.3 is 14.7 Å². The van der Waals surface area contributed by atoms with Crippen LogP contribution < -0.4 is 0 Å². The van der Waals surface area contributed by atoms with Gasteiger partial charge in [-0.25, -0.2) is 9.78 Å². The molecule has 0 saturated carbocycles. The van der Waals surface area contributed by atoms with Gasteiger partial charge in [-0.2, -0.15) is 0 Å². The predicted molar refractivity (Wildman–Crippen MR) is 55.7 cm³/mol. The molecule has 1 rings (SSSR count). The number of rotatable bonds is 4. The van der Waals surface area contributed by atoms with Gasteiger partial charge in [-0.05, 0) is 12.1 Å². The smallest absolute Gasteiger partial charge is 0.337 e. The molecule has 1 heterocycles. The zero-order valence-corrected chi connectivity index (χ0v) is 9.01. The van der Waals surface area contributed by atoms with Crippen molar-refractivity contribution in [1.82, 2.24) is 4.98 Å². The lowest BCUT2D eigenvalue weighted by Crippen LogP contribution is -2.06. The highest BCUT2D eigenvalue weighted by atomic mass is 16.5. The molecule has 0 aliphatic carbocycles. The van der Waals surface area contributed by atoms with Crippen LogP contribution in [0.3, 0.4) is 0 Å². The fraction of sp³-hybridized carbons (Fsp3) is 0.300. The number of hydrogen-bond acceptors (Lipinski definition) is 6. The van der Waals surface area contributed by atoms with Crippen LogP contribution in [0.25, 0.3) is 0 Å². The molecule has 0 saturated heterocycles. The Hall–Kier alpha value is -1.95. The summed E-state index contributed by atoms with van der Waals surface area (Å²) in [6.45, 7) is 0.261. The van der Waals surface area contributed by atoms with E-state index in [0.717, 1.165) is 6.21 Å². The van der Waals surface area contributed by atoms with E-state index in [1.165, 1.54) is 20.3 Å². The van der Waals surface area contributed by atoms with Gasteiger partial charge in [0.15, 0.2) is 0 Å². The van der Waals surface area contributed by atoms with Crippen molar-refractivity contribution in [3.8, 4) is 0 Å². The summed E-state index contributed by atoms with van der Waals surface area (Å²) >= 11 is 0. The Morgan fingerprint density at radius 1 is 1.56 bits per heavy atom. The molecule has 16 heavy (non-hydrogen) atoms. The van der Waals surface area contributed by atoms with Gasteiger partial charge in [0.25, 0.3) is 0 Å². The van der Waals surface area contributed by atoms with Gasteiger partial charge in [-0.3, -0.25) is 0 Å². The summed E-state index contributed by atoms with van der Waals surface area (Å²) in [5.74, 6) is -0.479. The fourth-order valence-electron chi connectivity index (χ4n) is 1.19. The van der Waals surface area contributed by atoms with Gasteiger partial charge in [0.2, 0.25) is 0 Å². The number of methoxy groups -OCH3 is 2. The van der Waals surface area contributed by atoms with E-state index in [0.29, 0.717) is 17.0 Å². The van der Waals surface area contributed by atoms with Crippen LogP contribution in [0, 0.1) is 0 Å². The molecular weight excluding hydrogens is 212 g/mol. The number of nitrogens with zero attached hydrogens (tertiary/aromatic N) is 2. The summed E-state index contributed by atoms with van der Waals surface area (Å²) in [6, 6.07) is 3.02. The fourth-order valence-corrected chi connectivity index (χ4v) is 1.19. The Morgan fingerprint density at radius 2 is 2.31 bits per heavy atom. The van der Waals surface area contributed by atoms with Crippen LogP contribution in [0.1, 0.15) is 21.7 Å². The number of oxime groups is 1. The SMILES string of the molecule is COCc1cc(C(=O)OC)cc(/C=N\O)n1. The minimum absolute atomic E-state index is 0.261. The minimum atomic E-state index is -0.479. The van der Waals surface area contributed by atoms with Crippen LogP contribution in [-0.2, 0) is 16.1 Å². The third-order valence-corrected chi connectivity index (χ3v) is 1.80. The highest BCUT2D eigenvalue weighted by Gasteiger charge is 2.09. The monoisotopic (exact) mass is 224 g/mol. The minimum Gasteiger partial charge on any atom is -0.465 e. The normalized spacial score (nSPS) is 10.6. The van der Waals surface area contributed by atoms with Crippen molar-refractivity contribution in [2.45, 2.75) is 6.61 Å². The second kappa shape index (κ2) is 5.82. The summed E-state index contributed by atoms with van der Waals surface area (Å²) in [4.78, 5) is 15.4. The number of pyridine rings is 1. The van der Waals surface area contributed by atoms with Crippen LogP contribution in [0.5, 0.6) is 0 Å². The Bertz CT molecular complexity index is 404. The van der Waals surface area contributed by atoms with E-state index in [1.54, 1.807) is 6.07 Å². The van der Waals surface area contributed by atoms with Crippen molar-refractivity contribution >= 4 is 12.2 Å². The molecule has 0 aliphatic rings. The van der Waals surface area contributed by atoms with Crippen LogP contribution in [0.2, 0.25) is 0 Å². The zero-order chi connectivity index (χ0) is 12.0. The molecule has 0 spiro atoms. The first-order valence-corrected chi connectivity index (χ1v) is 4.47. The average Bonchev–Trinajstić information content (AvgIpc) is 2.28. The van der Waals surface area contributed by atoms with E-state index >= 15 is 0 Å². The maximum absolute atomic E-state index is 11.3. The average molecular weight is 224 g/mol. The predicted octanol–water partition coefficient (Wildman–Crippen LogP) is 0.823. The van der Waals surface area contributed by atoms with Gasteiger partial charge in [0.05, 0.1) is 36.9 Å². The lowest BCUT2D eigenvalue weighted by atomic mass is 10.2. The van der Waals surface area contributed by atoms with E-state index in [-0.39, 0.29) is 6.61 Å². The van der Waals surface area contributed by atoms with E-state index in [9.17, 15) is 4.79 Å². The van der Waals surface area contributed by atoms with E-state index < -0.39 is 5.97 Å². The second-order valence-electron chi connectivity index (χ2n) is 2.94. The third kappa shape index (κ3) is 3.03. The van der Waals surface area contributed by atoms with Crippen molar-refractivity contribution in [3.05, 3.63) is 29.1 Å². The number of ether oxygens (including phenoxy) is 2. The van der Waals surface area contributed by atoms with E-state index in [4.69, 9.17) is 9.94 Å². The number of carbonyl (C=O) groups excluding carboxylic acids is 1. The molecule has 6 nitrogen and oxygen atoms in total. The number of hydrogen-bond donors (Lipinski definition) is 1. The first kappa shape index (κ1) is 12.1. The lowest BCUT2D eigenvalue weighted by molar-refractivity contribution is 0.0600. The maximum Gasteiger partial charge on any atom is 0.337 e. The van der Waals surface area contributed by atoms with Crippen molar-refractivity contribution in [2.75, 3.05) is 14.2 Å². The van der Waals surface area contributed by atoms with Gasteiger partial charge in [-0.1, -0.05) is 5.16 Å². The first-order chi connectivity index (χ1) is 7.71. The molecule has 0 aliphatic heterocycles. The summed E-state index contributed by atoms with van der Waals surface area (Å²) in [6.07, 6.45) is 1.13. The van der Waals surface area contributed by atoms with Crippen LogP contribution in [0.15, 0.2) is 17.3 Å². The largest absolute Gasteiger partial charge is 0.465 e. The topological polar surface area (TPSA) is 81.0 Å². The molecular formula is C10H12N2O4. The summed E-state index contributed by atoms with van der Waals surface area (Å²) in [5.41, 5.74) is 1.25. The molecule has 0 amide bonds. The lowest BCUT2D eigenvalue weighted by Gasteiger charge is -2.04. The van der Waals surface area contributed by atoms with Crippen molar-refractivity contribution in [2.24, 2.45) is 5.16 Å². The van der Waals surface area contributed by atoms with Crippen LogP contribution >= 0.6 is 0 Å². The summed E-state index contributed by atoms with van der Waals surface area (Å²) < 4.78 is 9.50. The van der Waals surface area contributed by atoms with Crippen molar-refractivity contribution in [3.63, 3.8) is 0 Å². The molecule has 0 radical (unpaired) electrons. The maximum atomic E-state index is 11.3. The molecule has 0 bridgehead atoms. The molecule has 1 N–H and O–H groups in total. The molecule has 0 atom stereocenters. The van der Waals surface area contributed by atoms with Crippen LogP contribution in [0.4, 0.5) is 0 Å². The molecule has 0 unspecified atom stereocenters. The molecule has 86 valence electrons. The standard InChI is InChI=1S/C10H12N2O4/c1-15-6-9-4-7(10(13)16-2)3-8(12-9)5-11-14/h3-5,14H,6H2,1-2H3/b11-5-. The number of esters is 1. The van der Waals surface area contributed by atoms with Gasteiger partial charge >= 0.3 is 5.97 Å². The number of aromatic nitrogens is 1.